The average molecular weight is 340 g/mol. The zero-order chi connectivity index (χ0) is 17.1. The van der Waals surface area contributed by atoms with Crippen molar-refractivity contribution in [3.8, 4) is 11.5 Å². The van der Waals surface area contributed by atoms with Gasteiger partial charge in [-0.1, -0.05) is 0 Å². The molecule has 5 N–H and O–H groups in total. The molecule has 1 amide bonds. The number of thioether (sulfide) groups is 1. The van der Waals surface area contributed by atoms with Gasteiger partial charge in [-0.05, 0) is 19.1 Å². The van der Waals surface area contributed by atoms with Crippen LogP contribution in [-0.2, 0) is 9.59 Å². The van der Waals surface area contributed by atoms with E-state index in [-0.39, 0.29) is 22.6 Å². The lowest BCUT2D eigenvalue weighted by atomic mass is 9.89. The van der Waals surface area contributed by atoms with Gasteiger partial charge in [0.2, 0.25) is 0 Å². The van der Waals surface area contributed by atoms with Gasteiger partial charge in [0, 0.05) is 16.9 Å². The number of amides is 1. The highest BCUT2D eigenvalue weighted by molar-refractivity contribution is 8.00. The summed E-state index contributed by atoms with van der Waals surface area (Å²) in [5.74, 6) is -4.61. The number of carboxylic acids is 1. The Morgan fingerprint density at radius 3 is 2.74 bits per heavy atom. The van der Waals surface area contributed by atoms with Crippen LogP contribution in [0.2, 0.25) is 0 Å². The van der Waals surface area contributed by atoms with Gasteiger partial charge >= 0.3 is 5.97 Å². The molecule has 0 bridgehead atoms. The molecule has 0 saturated carbocycles. The normalized spacial score (nSPS) is 26.8. The highest BCUT2D eigenvalue weighted by atomic mass is 32.2. The van der Waals surface area contributed by atoms with E-state index in [0.29, 0.717) is 0 Å². The predicted octanol–water partition coefficient (Wildman–Crippen LogP) is 0.665. The quantitative estimate of drug-likeness (QED) is 0.460. The Hall–Kier alpha value is -2.26. The zero-order valence-electron chi connectivity index (χ0n) is 11.9. The fourth-order valence-corrected chi connectivity index (χ4v) is 4.16. The molecule has 0 aliphatic carbocycles. The van der Waals surface area contributed by atoms with Crippen molar-refractivity contribution in [2.75, 3.05) is 5.75 Å². The number of hydrogen-bond donors (Lipinski definition) is 4. The zero-order valence-corrected chi connectivity index (χ0v) is 12.7. The molecule has 9 heteroatoms. The van der Waals surface area contributed by atoms with Crippen molar-refractivity contribution in [1.82, 2.24) is 4.90 Å². The van der Waals surface area contributed by atoms with Crippen LogP contribution in [0.25, 0.3) is 5.57 Å². The van der Waals surface area contributed by atoms with Gasteiger partial charge in [0.1, 0.15) is 16.6 Å². The first-order valence-electron chi connectivity index (χ1n) is 6.59. The number of benzene rings is 1. The predicted molar refractivity (Wildman–Crippen MR) is 80.0 cm³/mol. The maximum atomic E-state index is 14.2. The van der Waals surface area contributed by atoms with Crippen LogP contribution in [0, 0.1) is 5.82 Å². The molecular weight excluding hydrogens is 327 g/mol. The minimum absolute atomic E-state index is 0.0513. The SMILES string of the molecule is CC1(N)C(=O)N2C(C(=O)O)=C(c3ccc(O)c(O)c3F)CS[C@H]21. The summed E-state index contributed by atoms with van der Waals surface area (Å²) in [5, 5.41) is 27.7. The lowest BCUT2D eigenvalue weighted by Crippen LogP contribution is -2.76. The number of carboxylic acid groups (broad SMARTS) is 1. The van der Waals surface area contributed by atoms with E-state index in [9.17, 15) is 29.3 Å². The summed E-state index contributed by atoms with van der Waals surface area (Å²) in [6, 6.07) is 2.22. The molecule has 2 atom stereocenters. The number of rotatable bonds is 2. The smallest absolute Gasteiger partial charge is 0.352 e. The van der Waals surface area contributed by atoms with Crippen LogP contribution >= 0.6 is 11.8 Å². The van der Waals surface area contributed by atoms with Crippen molar-refractivity contribution in [3.63, 3.8) is 0 Å². The number of nitrogens with zero attached hydrogens (tertiary/aromatic N) is 1. The van der Waals surface area contributed by atoms with Crippen LogP contribution in [0.3, 0.4) is 0 Å². The minimum atomic E-state index is -1.39. The fourth-order valence-electron chi connectivity index (χ4n) is 2.74. The van der Waals surface area contributed by atoms with Gasteiger partial charge in [0.25, 0.3) is 5.91 Å². The minimum Gasteiger partial charge on any atom is -0.504 e. The summed E-state index contributed by atoms with van der Waals surface area (Å²) >= 11 is 1.21. The molecule has 2 aliphatic heterocycles. The molecule has 1 unspecified atom stereocenters. The van der Waals surface area contributed by atoms with Crippen molar-refractivity contribution >= 4 is 29.2 Å². The van der Waals surface area contributed by atoms with Gasteiger partial charge in [-0.3, -0.25) is 9.69 Å². The number of aliphatic carboxylic acids is 1. The summed E-state index contributed by atoms with van der Waals surface area (Å²) in [5.41, 5.74) is 4.21. The Labute approximate surface area is 134 Å². The number of halogens is 1. The molecule has 7 nitrogen and oxygen atoms in total. The van der Waals surface area contributed by atoms with Gasteiger partial charge in [-0.15, -0.1) is 11.8 Å². The summed E-state index contributed by atoms with van der Waals surface area (Å²) in [4.78, 5) is 24.8. The molecule has 0 spiro atoms. The Balaban J connectivity index is 2.18. The van der Waals surface area contributed by atoms with Crippen LogP contribution in [0.1, 0.15) is 12.5 Å². The summed E-state index contributed by atoms with van der Waals surface area (Å²) in [6.45, 7) is 1.51. The second-order valence-electron chi connectivity index (χ2n) is 5.55. The molecule has 23 heavy (non-hydrogen) atoms. The van der Waals surface area contributed by atoms with E-state index in [1.165, 1.54) is 18.7 Å². The monoisotopic (exact) mass is 340 g/mol. The van der Waals surface area contributed by atoms with Crippen molar-refractivity contribution in [1.29, 1.82) is 0 Å². The van der Waals surface area contributed by atoms with Gasteiger partial charge in [-0.25, -0.2) is 9.18 Å². The van der Waals surface area contributed by atoms with Gasteiger partial charge in [-0.2, -0.15) is 0 Å². The molecular formula is C14H13FN2O5S. The highest BCUT2D eigenvalue weighted by Gasteiger charge is 2.60. The van der Waals surface area contributed by atoms with Crippen molar-refractivity contribution in [3.05, 3.63) is 29.2 Å². The lowest BCUT2D eigenvalue weighted by Gasteiger charge is -2.54. The molecule has 0 aromatic heterocycles. The number of carbonyl (C=O) groups excluding carboxylic acids is 1. The Morgan fingerprint density at radius 2 is 2.13 bits per heavy atom. The van der Waals surface area contributed by atoms with E-state index >= 15 is 0 Å². The summed E-state index contributed by atoms with van der Waals surface area (Å²) in [6.07, 6.45) is 0. The number of fused-ring (bicyclic) bond motifs is 1. The molecule has 1 fully saturated rings. The highest BCUT2D eigenvalue weighted by Crippen LogP contribution is 2.48. The van der Waals surface area contributed by atoms with E-state index in [4.69, 9.17) is 5.73 Å². The molecule has 1 aromatic rings. The van der Waals surface area contributed by atoms with E-state index < -0.39 is 40.1 Å². The standard InChI is InChI=1S/C14H13FN2O5S/c1-14(16)12(22)17-9(11(20)21)6(4-23-13(14)17)5-2-3-7(18)10(19)8(5)15/h2-3,13,18-19H,4,16H2,1H3,(H,20,21)/t13-,14?/m0/s1. The molecule has 1 aromatic carbocycles. The second-order valence-corrected chi connectivity index (χ2v) is 6.62. The fraction of sp³-hybridized carbons (Fsp3) is 0.286. The largest absolute Gasteiger partial charge is 0.504 e. The molecule has 2 heterocycles. The van der Waals surface area contributed by atoms with Crippen LogP contribution in [0.5, 0.6) is 11.5 Å². The number of β-lactam (4-membered cyclic amide) rings is 1. The number of aromatic hydroxyl groups is 2. The first kappa shape index (κ1) is 15.6. The van der Waals surface area contributed by atoms with E-state index in [2.05, 4.69) is 0 Å². The summed E-state index contributed by atoms with van der Waals surface area (Å²) in [7, 11) is 0. The van der Waals surface area contributed by atoms with E-state index in [1.54, 1.807) is 0 Å². The maximum absolute atomic E-state index is 14.2. The molecule has 122 valence electrons. The third-order valence-electron chi connectivity index (χ3n) is 3.96. The number of phenols is 2. The van der Waals surface area contributed by atoms with Crippen LogP contribution < -0.4 is 5.73 Å². The van der Waals surface area contributed by atoms with Crippen molar-refractivity contribution in [2.45, 2.75) is 17.8 Å². The number of nitrogens with two attached hydrogens (primary N) is 1. The number of carbonyl (C=O) groups is 2. The number of hydrogen-bond acceptors (Lipinski definition) is 6. The van der Waals surface area contributed by atoms with Crippen molar-refractivity contribution in [2.24, 2.45) is 5.73 Å². The number of phenolic OH excluding ortho intramolecular Hbond substituents is 2. The van der Waals surface area contributed by atoms with Gasteiger partial charge in [0.15, 0.2) is 17.3 Å². The Bertz CT molecular complexity index is 777. The molecule has 1 saturated heterocycles. The molecule has 0 radical (unpaired) electrons. The van der Waals surface area contributed by atoms with Crippen molar-refractivity contribution < 1.29 is 29.3 Å². The van der Waals surface area contributed by atoms with Gasteiger partial charge in [0.05, 0.1) is 0 Å². The van der Waals surface area contributed by atoms with E-state index in [1.807, 2.05) is 0 Å². The first-order valence-corrected chi connectivity index (χ1v) is 7.64. The lowest BCUT2D eigenvalue weighted by molar-refractivity contribution is -0.153. The van der Waals surface area contributed by atoms with E-state index in [0.717, 1.165) is 17.0 Å². The average Bonchev–Trinajstić information content (AvgIpc) is 2.51. The Kier molecular flexibility index (Phi) is 3.31. The summed E-state index contributed by atoms with van der Waals surface area (Å²) < 4.78 is 14.2. The van der Waals surface area contributed by atoms with Crippen LogP contribution in [0.4, 0.5) is 4.39 Å². The first-order chi connectivity index (χ1) is 10.7. The van der Waals surface area contributed by atoms with Crippen LogP contribution in [-0.4, -0.2) is 48.8 Å². The topological polar surface area (TPSA) is 124 Å². The molecule has 2 aliphatic rings. The third-order valence-corrected chi connectivity index (χ3v) is 5.43. The maximum Gasteiger partial charge on any atom is 0.352 e. The van der Waals surface area contributed by atoms with Gasteiger partial charge < -0.3 is 21.1 Å². The Morgan fingerprint density at radius 1 is 1.48 bits per heavy atom. The third kappa shape index (κ3) is 2.00. The second kappa shape index (κ2) is 4.87. The van der Waals surface area contributed by atoms with Crippen LogP contribution in [0.15, 0.2) is 17.8 Å². The molecule has 3 rings (SSSR count).